The zero-order valence-electron chi connectivity index (χ0n) is 24.1. The molecule has 1 fully saturated rings. The number of hydrogen-bond donors (Lipinski definition) is 1. The maximum atomic E-state index is 12.7. The minimum Gasteiger partial charge on any atom is -0.378 e. The molecule has 2 amide bonds. The van der Waals surface area contributed by atoms with Crippen LogP contribution in [0.1, 0.15) is 37.8 Å². The fourth-order valence-electron chi connectivity index (χ4n) is 4.13. The van der Waals surface area contributed by atoms with Gasteiger partial charge in [-0.1, -0.05) is 50.1 Å². The number of likely N-dealkylation sites (N-methyl/N-ethyl adjacent to an activating group) is 1. The third-order valence-electron chi connectivity index (χ3n) is 6.73. The largest absolute Gasteiger partial charge is 0.378 e. The Kier molecular flexibility index (Phi) is 13.4. The molecule has 0 atom stereocenters. The highest BCUT2D eigenvalue weighted by Gasteiger charge is 2.30. The van der Waals surface area contributed by atoms with Crippen molar-refractivity contribution in [3.05, 3.63) is 59.7 Å². The molecule has 0 aromatic heterocycles. The fourth-order valence-corrected chi connectivity index (χ4v) is 5.55. The summed E-state index contributed by atoms with van der Waals surface area (Å²) in [6.45, 7) is 10.5. The number of hydrogen-bond acceptors (Lipinski definition) is 6. The van der Waals surface area contributed by atoms with Crippen LogP contribution in [-0.4, -0.2) is 94.7 Å². The van der Waals surface area contributed by atoms with Crippen molar-refractivity contribution in [1.29, 1.82) is 0 Å². The topological polar surface area (TPSA) is 93.3 Å². The standard InChI is InChI=1S/C19H31N3O3S.C10H14N2O/c1-4-6-11-20(5-2)16-19(23)21-12-14-22(15-13-21)26(24,25)18-9-7-17(3)8-10-18;1-12(2)10-5-3-9(4-6-10)7-11-8-13/h7-10H,4-6,11-16H2,1-3H3;3-6,8H,7H2,1-2H3,(H,11,13). The summed E-state index contributed by atoms with van der Waals surface area (Å²) < 4.78 is 26.9. The summed E-state index contributed by atoms with van der Waals surface area (Å²) in [6.07, 6.45) is 2.91. The molecule has 1 aliphatic heterocycles. The van der Waals surface area contributed by atoms with Crippen LogP contribution in [0.25, 0.3) is 0 Å². The number of nitrogens with zero attached hydrogens (tertiary/aromatic N) is 4. The van der Waals surface area contributed by atoms with Gasteiger partial charge in [-0.3, -0.25) is 14.5 Å². The number of piperazine rings is 1. The second kappa shape index (κ2) is 16.2. The smallest absolute Gasteiger partial charge is 0.243 e. The molecule has 0 radical (unpaired) electrons. The van der Waals surface area contributed by atoms with Gasteiger partial charge in [0.15, 0.2) is 0 Å². The lowest BCUT2D eigenvalue weighted by atomic mass is 10.2. The van der Waals surface area contributed by atoms with E-state index in [1.165, 1.54) is 4.31 Å². The Labute approximate surface area is 234 Å². The molecular weight excluding hydrogens is 514 g/mol. The van der Waals surface area contributed by atoms with Gasteiger partial charge in [0.05, 0.1) is 11.4 Å². The summed E-state index contributed by atoms with van der Waals surface area (Å²) in [5.41, 5.74) is 3.30. The average molecular weight is 560 g/mol. The number of unbranched alkanes of at least 4 members (excludes halogenated alkanes) is 1. The summed E-state index contributed by atoms with van der Waals surface area (Å²) in [7, 11) is 0.515. The number of sulfonamides is 1. The second-order valence-corrected chi connectivity index (χ2v) is 11.8. The molecule has 0 spiro atoms. The van der Waals surface area contributed by atoms with Crippen LogP contribution >= 0.6 is 0 Å². The first kappa shape index (κ1) is 32.3. The van der Waals surface area contributed by atoms with Gasteiger partial charge in [0.1, 0.15) is 0 Å². The monoisotopic (exact) mass is 559 g/mol. The van der Waals surface area contributed by atoms with Crippen molar-refractivity contribution < 1.29 is 18.0 Å². The molecule has 1 N–H and O–H groups in total. The zero-order valence-corrected chi connectivity index (χ0v) is 24.9. The maximum Gasteiger partial charge on any atom is 0.243 e. The summed E-state index contributed by atoms with van der Waals surface area (Å²) in [5.74, 6) is 0.0929. The van der Waals surface area contributed by atoms with Crippen molar-refractivity contribution in [2.45, 2.75) is 45.1 Å². The van der Waals surface area contributed by atoms with E-state index >= 15 is 0 Å². The van der Waals surface area contributed by atoms with E-state index < -0.39 is 10.0 Å². The Morgan fingerprint density at radius 2 is 1.59 bits per heavy atom. The number of amides is 2. The molecule has 0 bridgehead atoms. The van der Waals surface area contributed by atoms with Crippen LogP contribution in [0, 0.1) is 6.92 Å². The number of benzene rings is 2. The minimum absolute atomic E-state index is 0.0929. The van der Waals surface area contributed by atoms with Crippen molar-refractivity contribution in [2.75, 3.05) is 64.8 Å². The van der Waals surface area contributed by atoms with Crippen LogP contribution in [0.4, 0.5) is 5.69 Å². The van der Waals surface area contributed by atoms with Crippen molar-refractivity contribution in [3.8, 4) is 0 Å². The Bertz CT molecular complexity index is 1110. The lowest BCUT2D eigenvalue weighted by Crippen LogP contribution is -2.52. The fraction of sp³-hybridized carbons (Fsp3) is 0.517. The Hall–Kier alpha value is -2.95. The van der Waals surface area contributed by atoms with Gasteiger partial charge >= 0.3 is 0 Å². The first-order chi connectivity index (χ1) is 18.6. The number of carbonyl (C=O) groups excluding carboxylic acids is 2. The molecule has 216 valence electrons. The zero-order chi connectivity index (χ0) is 28.8. The first-order valence-corrected chi connectivity index (χ1v) is 15.1. The molecule has 1 heterocycles. The lowest BCUT2D eigenvalue weighted by Gasteiger charge is -2.35. The highest BCUT2D eigenvalue weighted by atomic mass is 32.2. The SMILES string of the molecule is CCCCN(CC)CC(=O)N1CCN(S(=O)(=O)c2ccc(C)cc2)CC1.CN(C)c1ccc(CNC=O)cc1. The van der Waals surface area contributed by atoms with Gasteiger partial charge in [-0.05, 0) is 56.3 Å². The van der Waals surface area contributed by atoms with Gasteiger partial charge < -0.3 is 15.1 Å². The molecule has 0 aliphatic carbocycles. The van der Waals surface area contributed by atoms with Crippen LogP contribution in [-0.2, 0) is 26.2 Å². The van der Waals surface area contributed by atoms with E-state index in [-0.39, 0.29) is 5.91 Å². The molecule has 1 aliphatic rings. The molecule has 0 saturated carbocycles. The highest BCUT2D eigenvalue weighted by molar-refractivity contribution is 7.89. The summed E-state index contributed by atoms with van der Waals surface area (Å²) in [4.78, 5) is 28.8. The molecule has 10 heteroatoms. The van der Waals surface area contributed by atoms with E-state index in [9.17, 15) is 18.0 Å². The lowest BCUT2D eigenvalue weighted by molar-refractivity contribution is -0.133. The van der Waals surface area contributed by atoms with E-state index in [1.807, 2.05) is 62.3 Å². The van der Waals surface area contributed by atoms with Gasteiger partial charge in [0.2, 0.25) is 22.3 Å². The van der Waals surface area contributed by atoms with Gasteiger partial charge in [-0.15, -0.1) is 0 Å². The average Bonchev–Trinajstić information content (AvgIpc) is 2.95. The summed E-state index contributed by atoms with van der Waals surface area (Å²) in [5, 5.41) is 2.62. The highest BCUT2D eigenvalue weighted by Crippen LogP contribution is 2.18. The number of anilines is 1. The van der Waals surface area contributed by atoms with E-state index in [4.69, 9.17) is 0 Å². The van der Waals surface area contributed by atoms with E-state index in [0.29, 0.717) is 50.6 Å². The molecule has 3 rings (SSSR count). The number of aryl methyl sites for hydroxylation is 1. The van der Waals surface area contributed by atoms with Crippen LogP contribution in [0.3, 0.4) is 0 Å². The first-order valence-electron chi connectivity index (χ1n) is 13.6. The van der Waals surface area contributed by atoms with E-state index in [0.717, 1.165) is 42.7 Å². The molecule has 1 saturated heterocycles. The molecule has 2 aromatic rings. The third kappa shape index (κ3) is 10.3. The normalized spacial score (nSPS) is 13.9. The van der Waals surface area contributed by atoms with Crippen molar-refractivity contribution in [3.63, 3.8) is 0 Å². The van der Waals surface area contributed by atoms with Crippen LogP contribution in [0.5, 0.6) is 0 Å². The quantitative estimate of drug-likeness (QED) is 0.402. The van der Waals surface area contributed by atoms with E-state index in [2.05, 4.69) is 24.1 Å². The van der Waals surface area contributed by atoms with Gasteiger partial charge in [0, 0.05) is 52.5 Å². The third-order valence-corrected chi connectivity index (χ3v) is 8.64. The Balaban J connectivity index is 0.000000344. The van der Waals surface area contributed by atoms with Crippen LogP contribution < -0.4 is 10.2 Å². The summed E-state index contributed by atoms with van der Waals surface area (Å²) in [6, 6.07) is 15.0. The second-order valence-electron chi connectivity index (χ2n) is 9.88. The minimum atomic E-state index is -3.48. The van der Waals surface area contributed by atoms with Gasteiger partial charge in [-0.25, -0.2) is 8.42 Å². The van der Waals surface area contributed by atoms with Crippen LogP contribution in [0.15, 0.2) is 53.4 Å². The number of rotatable bonds is 12. The van der Waals surface area contributed by atoms with Gasteiger partial charge in [0.25, 0.3) is 0 Å². The molecule has 39 heavy (non-hydrogen) atoms. The molecule has 2 aromatic carbocycles. The Morgan fingerprint density at radius 3 is 2.10 bits per heavy atom. The summed E-state index contributed by atoms with van der Waals surface area (Å²) >= 11 is 0. The van der Waals surface area contributed by atoms with Crippen molar-refractivity contribution >= 4 is 28.0 Å². The maximum absolute atomic E-state index is 12.7. The van der Waals surface area contributed by atoms with Crippen molar-refractivity contribution in [2.24, 2.45) is 0 Å². The Morgan fingerprint density at radius 1 is 0.974 bits per heavy atom. The predicted octanol–water partition coefficient (Wildman–Crippen LogP) is 2.95. The molecule has 0 unspecified atom stereocenters. The predicted molar refractivity (Wildman–Crippen MR) is 157 cm³/mol. The molecular formula is C29H45N5O4S. The van der Waals surface area contributed by atoms with Crippen molar-refractivity contribution in [1.82, 2.24) is 19.4 Å². The number of nitrogens with one attached hydrogen (secondary N) is 1. The van der Waals surface area contributed by atoms with Gasteiger partial charge in [-0.2, -0.15) is 4.31 Å². The number of carbonyl (C=O) groups is 2. The van der Waals surface area contributed by atoms with Crippen LogP contribution in [0.2, 0.25) is 0 Å². The molecule has 9 nitrogen and oxygen atoms in total. The van der Waals surface area contributed by atoms with E-state index in [1.54, 1.807) is 17.0 Å².